The highest BCUT2D eigenvalue weighted by molar-refractivity contribution is 6.31. The van der Waals surface area contributed by atoms with Gasteiger partial charge in [-0.05, 0) is 24.6 Å². The molecule has 0 aliphatic rings. The van der Waals surface area contributed by atoms with Gasteiger partial charge < -0.3 is 15.4 Å². The van der Waals surface area contributed by atoms with Gasteiger partial charge in [-0.2, -0.15) is 0 Å². The summed E-state index contributed by atoms with van der Waals surface area (Å²) in [6.45, 7) is 8.00. The van der Waals surface area contributed by atoms with Crippen LogP contribution in [0.4, 0.5) is 5.69 Å². The molecular weight excluding hydrogens is 236 g/mol. The van der Waals surface area contributed by atoms with Gasteiger partial charge in [0.1, 0.15) is 5.75 Å². The van der Waals surface area contributed by atoms with E-state index in [9.17, 15) is 0 Å². The molecule has 0 spiro atoms. The number of halogens is 1. The highest BCUT2D eigenvalue weighted by atomic mass is 35.5. The molecule has 1 rings (SSSR count). The van der Waals surface area contributed by atoms with Crippen LogP contribution in [0.2, 0.25) is 5.02 Å². The molecule has 0 unspecified atom stereocenters. The number of methoxy groups -OCH3 is 1. The van der Waals surface area contributed by atoms with Crippen LogP contribution in [0.5, 0.6) is 5.75 Å². The lowest BCUT2D eigenvalue weighted by atomic mass is 10.2. The van der Waals surface area contributed by atoms with Gasteiger partial charge in [0.15, 0.2) is 0 Å². The Hall–Kier alpha value is -0.930. The number of anilines is 1. The summed E-state index contributed by atoms with van der Waals surface area (Å²) >= 11 is 6.03. The Bertz CT molecular complexity index is 367. The average molecular weight is 257 g/mol. The first-order valence-corrected chi connectivity index (χ1v) is 6.23. The third-order valence-electron chi connectivity index (χ3n) is 2.44. The lowest BCUT2D eigenvalue weighted by Gasteiger charge is -2.15. The zero-order valence-electron chi connectivity index (χ0n) is 10.9. The van der Waals surface area contributed by atoms with Gasteiger partial charge in [-0.15, -0.1) is 0 Å². The number of hydrogen-bond acceptors (Lipinski definition) is 3. The zero-order chi connectivity index (χ0) is 12.8. The SMILES string of the molecule is COc1c(C)cc(Cl)cc1NCCNC(C)C. The van der Waals surface area contributed by atoms with Gasteiger partial charge in [-0.1, -0.05) is 25.4 Å². The van der Waals surface area contributed by atoms with E-state index in [-0.39, 0.29) is 0 Å². The fourth-order valence-corrected chi connectivity index (χ4v) is 1.96. The minimum absolute atomic E-state index is 0.500. The second-order valence-corrected chi connectivity index (χ2v) is 4.78. The van der Waals surface area contributed by atoms with Gasteiger partial charge in [-0.3, -0.25) is 0 Å². The Kier molecular flexibility index (Phi) is 5.59. The van der Waals surface area contributed by atoms with Crippen LogP contribution in [0, 0.1) is 6.92 Å². The van der Waals surface area contributed by atoms with Crippen LogP contribution < -0.4 is 15.4 Å². The van der Waals surface area contributed by atoms with Crippen LogP contribution in [-0.4, -0.2) is 26.2 Å². The normalized spacial score (nSPS) is 10.7. The molecule has 0 aromatic heterocycles. The Balaban J connectivity index is 2.63. The topological polar surface area (TPSA) is 33.3 Å². The van der Waals surface area contributed by atoms with E-state index in [0.717, 1.165) is 35.1 Å². The molecule has 0 heterocycles. The lowest BCUT2D eigenvalue weighted by molar-refractivity contribution is 0.413. The number of benzene rings is 1. The minimum atomic E-state index is 0.500. The maximum absolute atomic E-state index is 6.03. The van der Waals surface area contributed by atoms with Crippen molar-refractivity contribution in [3.63, 3.8) is 0 Å². The molecule has 3 nitrogen and oxygen atoms in total. The van der Waals surface area contributed by atoms with E-state index in [4.69, 9.17) is 16.3 Å². The first-order chi connectivity index (χ1) is 8.04. The summed E-state index contributed by atoms with van der Waals surface area (Å²) in [5.74, 6) is 0.860. The van der Waals surface area contributed by atoms with Crippen LogP contribution in [0.15, 0.2) is 12.1 Å². The highest BCUT2D eigenvalue weighted by Gasteiger charge is 2.07. The molecule has 0 aliphatic heterocycles. The van der Waals surface area contributed by atoms with Gasteiger partial charge >= 0.3 is 0 Å². The van der Waals surface area contributed by atoms with Crippen LogP contribution in [0.25, 0.3) is 0 Å². The summed E-state index contributed by atoms with van der Waals surface area (Å²) in [5.41, 5.74) is 1.99. The smallest absolute Gasteiger partial charge is 0.144 e. The third kappa shape index (κ3) is 4.44. The molecule has 0 saturated carbocycles. The van der Waals surface area contributed by atoms with Gasteiger partial charge in [0.2, 0.25) is 0 Å². The van der Waals surface area contributed by atoms with Crippen LogP contribution in [0.1, 0.15) is 19.4 Å². The second kappa shape index (κ2) is 6.72. The molecule has 0 bridgehead atoms. The monoisotopic (exact) mass is 256 g/mol. The molecule has 0 radical (unpaired) electrons. The first-order valence-electron chi connectivity index (χ1n) is 5.86. The van der Waals surface area contributed by atoms with E-state index in [0.29, 0.717) is 6.04 Å². The average Bonchev–Trinajstić information content (AvgIpc) is 2.23. The van der Waals surface area contributed by atoms with Gasteiger partial charge in [-0.25, -0.2) is 0 Å². The van der Waals surface area contributed by atoms with Gasteiger partial charge in [0.25, 0.3) is 0 Å². The van der Waals surface area contributed by atoms with E-state index < -0.39 is 0 Å². The highest BCUT2D eigenvalue weighted by Crippen LogP contribution is 2.31. The van der Waals surface area contributed by atoms with Crippen molar-refractivity contribution in [2.75, 3.05) is 25.5 Å². The van der Waals surface area contributed by atoms with Crippen molar-refractivity contribution in [2.45, 2.75) is 26.8 Å². The van der Waals surface area contributed by atoms with Crippen LogP contribution in [0.3, 0.4) is 0 Å². The molecule has 1 aromatic rings. The standard InChI is InChI=1S/C13H21ClN2O/c1-9(2)15-5-6-16-12-8-11(14)7-10(3)13(12)17-4/h7-9,15-16H,5-6H2,1-4H3. The predicted molar refractivity (Wildman–Crippen MR) is 74.4 cm³/mol. The molecule has 4 heteroatoms. The van der Waals surface area contributed by atoms with Crippen molar-refractivity contribution in [2.24, 2.45) is 0 Å². The van der Waals surface area contributed by atoms with E-state index >= 15 is 0 Å². The minimum Gasteiger partial charge on any atom is -0.494 e. The number of rotatable bonds is 6. The Morgan fingerprint density at radius 2 is 2.00 bits per heavy atom. The van der Waals surface area contributed by atoms with Crippen molar-refractivity contribution in [3.8, 4) is 5.75 Å². The maximum Gasteiger partial charge on any atom is 0.144 e. The molecule has 96 valence electrons. The largest absolute Gasteiger partial charge is 0.494 e. The summed E-state index contributed by atoms with van der Waals surface area (Å²) in [4.78, 5) is 0. The molecule has 2 N–H and O–H groups in total. The molecule has 1 aromatic carbocycles. The lowest BCUT2D eigenvalue weighted by Crippen LogP contribution is -2.28. The van der Waals surface area contributed by atoms with Gasteiger partial charge in [0, 0.05) is 24.2 Å². The second-order valence-electron chi connectivity index (χ2n) is 4.34. The summed E-state index contributed by atoms with van der Waals surface area (Å²) in [5, 5.41) is 7.40. The fraction of sp³-hybridized carbons (Fsp3) is 0.538. The van der Waals surface area contributed by atoms with E-state index in [1.54, 1.807) is 7.11 Å². The molecule has 17 heavy (non-hydrogen) atoms. The fourth-order valence-electron chi connectivity index (χ4n) is 1.69. The van der Waals surface area contributed by atoms with E-state index in [2.05, 4.69) is 24.5 Å². The Labute approximate surface area is 109 Å². The molecule has 0 amide bonds. The Morgan fingerprint density at radius 1 is 1.29 bits per heavy atom. The van der Waals surface area contributed by atoms with Crippen molar-refractivity contribution < 1.29 is 4.74 Å². The first kappa shape index (κ1) is 14.1. The molecule has 0 saturated heterocycles. The molecule has 0 aliphatic carbocycles. The molecule has 0 fully saturated rings. The summed E-state index contributed by atoms with van der Waals surface area (Å²) in [6.07, 6.45) is 0. The zero-order valence-corrected chi connectivity index (χ0v) is 11.7. The predicted octanol–water partition coefficient (Wildman–Crippen LogP) is 3.07. The molecular formula is C13H21ClN2O. The maximum atomic E-state index is 6.03. The number of nitrogens with one attached hydrogen (secondary N) is 2. The quantitative estimate of drug-likeness (QED) is 0.768. The summed E-state index contributed by atoms with van der Waals surface area (Å²) in [6, 6.07) is 4.29. The van der Waals surface area contributed by atoms with E-state index in [1.165, 1.54) is 0 Å². The number of aryl methyl sites for hydroxylation is 1. The van der Waals surface area contributed by atoms with Crippen LogP contribution >= 0.6 is 11.6 Å². The van der Waals surface area contributed by atoms with Crippen LogP contribution in [-0.2, 0) is 0 Å². The van der Waals surface area contributed by atoms with Crippen molar-refractivity contribution in [3.05, 3.63) is 22.7 Å². The Morgan fingerprint density at radius 3 is 2.59 bits per heavy atom. The van der Waals surface area contributed by atoms with Crippen molar-refractivity contribution in [1.29, 1.82) is 0 Å². The number of hydrogen-bond donors (Lipinski definition) is 2. The van der Waals surface area contributed by atoms with E-state index in [1.807, 2.05) is 19.1 Å². The van der Waals surface area contributed by atoms with Crippen molar-refractivity contribution in [1.82, 2.24) is 5.32 Å². The van der Waals surface area contributed by atoms with Gasteiger partial charge in [0.05, 0.1) is 12.8 Å². The van der Waals surface area contributed by atoms with Crippen molar-refractivity contribution >= 4 is 17.3 Å². The third-order valence-corrected chi connectivity index (χ3v) is 2.65. The summed E-state index contributed by atoms with van der Waals surface area (Å²) in [7, 11) is 1.67. The number of ether oxygens (including phenoxy) is 1. The summed E-state index contributed by atoms with van der Waals surface area (Å²) < 4.78 is 5.37. The molecule has 0 atom stereocenters.